The molecule has 0 bridgehead atoms. The van der Waals surface area contributed by atoms with Crippen LogP contribution in [0.5, 0.6) is 11.5 Å². The fourth-order valence-corrected chi connectivity index (χ4v) is 3.85. The van der Waals surface area contributed by atoms with E-state index in [2.05, 4.69) is 14.0 Å². The smallest absolute Gasteiger partial charge is 0.485 e. The Labute approximate surface area is 220 Å². The van der Waals surface area contributed by atoms with E-state index >= 15 is 0 Å². The van der Waals surface area contributed by atoms with Crippen LogP contribution in [0.3, 0.4) is 0 Å². The van der Waals surface area contributed by atoms with Crippen molar-refractivity contribution in [2.24, 2.45) is 0 Å². The number of aliphatic hydroxyl groups excluding tert-OH is 1. The third-order valence-electron chi connectivity index (χ3n) is 4.73. The number of ether oxygens (including phenoxy) is 5. The summed E-state index contributed by atoms with van der Waals surface area (Å²) in [5.41, 5.74) is 0.146. The summed E-state index contributed by atoms with van der Waals surface area (Å²) in [7, 11) is -5.25. The molecular formula is C22H19F6O11P. The van der Waals surface area contributed by atoms with Crippen LogP contribution >= 0.6 is 7.82 Å². The maximum absolute atomic E-state index is 12.5. The van der Waals surface area contributed by atoms with Crippen LogP contribution in [0.4, 0.5) is 26.3 Å². The molecule has 2 aromatic carbocycles. The summed E-state index contributed by atoms with van der Waals surface area (Å²) < 4.78 is 114. The zero-order chi connectivity index (χ0) is 29.7. The number of alkyl halides is 6. The lowest BCUT2D eigenvalue weighted by atomic mass is 10.1. The van der Waals surface area contributed by atoms with Crippen LogP contribution in [0.2, 0.25) is 0 Å². The van der Waals surface area contributed by atoms with E-state index in [0.29, 0.717) is 0 Å². The lowest BCUT2D eigenvalue weighted by Gasteiger charge is -2.23. The number of cyclic esters (lactones) is 1. The number of rotatable bonds is 12. The number of aliphatic hydroxyl groups is 1. The van der Waals surface area contributed by atoms with Gasteiger partial charge in [0.2, 0.25) is 5.76 Å². The van der Waals surface area contributed by atoms with E-state index < -0.39 is 81.6 Å². The van der Waals surface area contributed by atoms with Gasteiger partial charge < -0.3 is 38.6 Å². The second-order valence-electron chi connectivity index (χ2n) is 7.80. The largest absolute Gasteiger partial charge is 0.573 e. The summed E-state index contributed by atoms with van der Waals surface area (Å²) in [6.07, 6.45) is -13.7. The molecule has 2 unspecified atom stereocenters. The Balaban J connectivity index is 1.87. The van der Waals surface area contributed by atoms with Gasteiger partial charge in [-0.2, -0.15) is 0 Å². The lowest BCUT2D eigenvalue weighted by molar-refractivity contribution is -0.275. The summed E-state index contributed by atoms with van der Waals surface area (Å²) in [4.78, 5) is 30.8. The molecule has 3 rings (SSSR count). The fourth-order valence-electron chi connectivity index (χ4n) is 3.32. The van der Waals surface area contributed by atoms with Crippen LogP contribution in [-0.2, 0) is 41.3 Å². The second kappa shape index (κ2) is 12.3. The average Bonchev–Trinajstić information content (AvgIpc) is 3.12. The molecule has 1 aliphatic rings. The van der Waals surface area contributed by atoms with E-state index in [1.807, 2.05) is 0 Å². The molecule has 2 atom stereocenters. The molecule has 0 radical (unpaired) electrons. The molecule has 0 spiro atoms. The van der Waals surface area contributed by atoms with Crippen molar-refractivity contribution >= 4 is 13.8 Å². The van der Waals surface area contributed by atoms with Crippen molar-refractivity contribution in [1.82, 2.24) is 0 Å². The number of carbonyl (C=O) groups excluding carboxylic acids is 1. The monoisotopic (exact) mass is 604 g/mol. The first-order valence-electron chi connectivity index (χ1n) is 10.8. The van der Waals surface area contributed by atoms with Crippen LogP contribution in [0.15, 0.2) is 60.0 Å². The average molecular weight is 604 g/mol. The molecule has 0 saturated carbocycles. The molecule has 18 heteroatoms. The third-order valence-corrected chi connectivity index (χ3v) is 5.28. The summed E-state index contributed by atoms with van der Waals surface area (Å²) in [5.74, 6) is -3.73. The Kier molecular flexibility index (Phi) is 9.58. The van der Waals surface area contributed by atoms with Crippen LogP contribution in [0.25, 0.3) is 0 Å². The van der Waals surface area contributed by atoms with Crippen molar-refractivity contribution in [2.45, 2.75) is 38.1 Å². The van der Waals surface area contributed by atoms with Crippen molar-refractivity contribution < 1.29 is 78.8 Å². The predicted octanol–water partition coefficient (Wildman–Crippen LogP) is 3.82. The van der Waals surface area contributed by atoms with Gasteiger partial charge in [-0.15, -0.1) is 26.3 Å². The molecular weight excluding hydrogens is 585 g/mol. The summed E-state index contributed by atoms with van der Waals surface area (Å²) in [6, 6.07) is 8.94. The molecule has 11 nitrogen and oxygen atoms in total. The highest BCUT2D eigenvalue weighted by molar-refractivity contribution is 7.46. The molecule has 220 valence electrons. The molecule has 0 aliphatic carbocycles. The van der Waals surface area contributed by atoms with E-state index in [-0.39, 0.29) is 11.1 Å². The highest BCUT2D eigenvalue weighted by atomic mass is 31.2. The molecule has 0 fully saturated rings. The number of phosphoric ester groups is 1. The molecule has 0 aromatic heterocycles. The topological polar surface area (TPSA) is 150 Å². The lowest BCUT2D eigenvalue weighted by Crippen LogP contribution is -2.34. The van der Waals surface area contributed by atoms with Gasteiger partial charge in [0, 0.05) is 0 Å². The van der Waals surface area contributed by atoms with Crippen LogP contribution in [0, 0.1) is 0 Å². The third kappa shape index (κ3) is 9.60. The SMILES string of the molecule is O=C1OC(C(CO)OP(=O)(O)O)C(OCc2cccc(OC(F)(F)F)c2)=C1OCc1cccc(OC(F)(F)F)c1. The molecule has 40 heavy (non-hydrogen) atoms. The van der Waals surface area contributed by atoms with E-state index in [1.54, 1.807) is 0 Å². The van der Waals surface area contributed by atoms with Crippen LogP contribution < -0.4 is 9.47 Å². The van der Waals surface area contributed by atoms with Crippen molar-refractivity contribution in [3.63, 3.8) is 0 Å². The molecule has 1 aliphatic heterocycles. The van der Waals surface area contributed by atoms with Crippen molar-refractivity contribution in [1.29, 1.82) is 0 Å². The van der Waals surface area contributed by atoms with Gasteiger partial charge in [-0.3, -0.25) is 4.52 Å². The van der Waals surface area contributed by atoms with Crippen molar-refractivity contribution in [3.8, 4) is 11.5 Å². The van der Waals surface area contributed by atoms with E-state index in [1.165, 1.54) is 24.3 Å². The molecule has 2 aromatic rings. The van der Waals surface area contributed by atoms with E-state index in [4.69, 9.17) is 24.0 Å². The Bertz CT molecular complexity index is 1270. The van der Waals surface area contributed by atoms with Gasteiger partial charge >= 0.3 is 26.5 Å². The van der Waals surface area contributed by atoms with Gasteiger partial charge in [-0.1, -0.05) is 24.3 Å². The van der Waals surface area contributed by atoms with Gasteiger partial charge in [0.15, 0.2) is 11.9 Å². The maximum atomic E-state index is 12.5. The minimum atomic E-state index is -5.25. The van der Waals surface area contributed by atoms with Gasteiger partial charge in [0.05, 0.1) is 6.61 Å². The number of phosphoric acid groups is 1. The first-order valence-corrected chi connectivity index (χ1v) is 12.3. The highest BCUT2D eigenvalue weighted by Crippen LogP contribution is 2.41. The summed E-state index contributed by atoms with van der Waals surface area (Å²) >= 11 is 0. The summed E-state index contributed by atoms with van der Waals surface area (Å²) in [6.45, 7) is -2.22. The molecule has 0 saturated heterocycles. The first kappa shape index (κ1) is 31.0. The Morgan fingerprint density at radius 2 is 1.38 bits per heavy atom. The molecule has 1 heterocycles. The standard InChI is InChI=1S/C22H19F6O11P/c23-21(24,25)37-14-5-1-3-12(7-14)10-34-18-17(16(9-29)39-40(31,32)33)36-20(30)19(18)35-11-13-4-2-6-15(8-13)38-22(26,27)28/h1-8,16-17,29H,9-11H2,(H2,31,32,33). The Hall–Kier alpha value is -3.50. The number of carbonyl (C=O) groups is 1. The number of benzene rings is 2. The predicted molar refractivity (Wildman–Crippen MR) is 117 cm³/mol. The van der Waals surface area contributed by atoms with Gasteiger partial charge in [0.1, 0.15) is 30.8 Å². The summed E-state index contributed by atoms with van der Waals surface area (Å²) in [5, 5.41) is 9.59. The minimum Gasteiger partial charge on any atom is -0.485 e. The fraction of sp³-hybridized carbons (Fsp3) is 0.318. The zero-order valence-corrected chi connectivity index (χ0v) is 20.6. The second-order valence-corrected chi connectivity index (χ2v) is 9.00. The molecule has 3 N–H and O–H groups in total. The van der Waals surface area contributed by atoms with Gasteiger partial charge in [0.25, 0.3) is 0 Å². The quantitative estimate of drug-likeness (QED) is 0.184. The Morgan fingerprint density at radius 1 is 0.875 bits per heavy atom. The van der Waals surface area contributed by atoms with E-state index in [9.17, 15) is 40.8 Å². The normalized spacial score (nSPS) is 16.9. The van der Waals surface area contributed by atoms with Crippen LogP contribution in [-0.4, -0.2) is 52.4 Å². The number of hydrogen-bond acceptors (Lipinski definition) is 9. The van der Waals surface area contributed by atoms with Gasteiger partial charge in [-0.05, 0) is 35.4 Å². The number of halogens is 6. The highest BCUT2D eigenvalue weighted by Gasteiger charge is 2.45. The maximum Gasteiger partial charge on any atom is 0.573 e. The first-order chi connectivity index (χ1) is 18.5. The van der Waals surface area contributed by atoms with Gasteiger partial charge in [-0.25, -0.2) is 9.36 Å². The van der Waals surface area contributed by atoms with Crippen molar-refractivity contribution in [2.75, 3.05) is 6.61 Å². The van der Waals surface area contributed by atoms with Crippen LogP contribution in [0.1, 0.15) is 11.1 Å². The minimum absolute atomic E-state index is 0.0696. The zero-order valence-electron chi connectivity index (χ0n) is 19.7. The number of esters is 1. The van der Waals surface area contributed by atoms with E-state index in [0.717, 1.165) is 24.3 Å². The molecule has 0 amide bonds. The Morgan fingerprint density at radius 3 is 1.82 bits per heavy atom. The van der Waals surface area contributed by atoms with Crippen molar-refractivity contribution in [3.05, 3.63) is 71.2 Å². The number of hydrogen-bond donors (Lipinski definition) is 3.